The van der Waals surface area contributed by atoms with Gasteiger partial charge in [0.15, 0.2) is 11.6 Å². The van der Waals surface area contributed by atoms with E-state index in [0.29, 0.717) is 30.4 Å². The number of carbonyl (C=O) groups is 1. The SMILES string of the molecule is O=C(CC1CC1)N1C[C@@H](c2cccc(F)c2F)[C@@H]2[C@H]1C1CCN2CC1. The van der Waals surface area contributed by atoms with Crippen molar-refractivity contribution < 1.29 is 13.6 Å². The molecule has 1 aromatic rings. The van der Waals surface area contributed by atoms with E-state index in [1.54, 1.807) is 12.1 Å². The average Bonchev–Trinajstić information content (AvgIpc) is 3.34. The molecule has 0 radical (unpaired) electrons. The number of carbonyl (C=O) groups excluding carboxylic acids is 1. The van der Waals surface area contributed by atoms with Gasteiger partial charge in [0.1, 0.15) is 0 Å². The van der Waals surface area contributed by atoms with Gasteiger partial charge in [-0.1, -0.05) is 12.1 Å². The Morgan fingerprint density at radius 1 is 1.08 bits per heavy atom. The molecule has 5 aliphatic rings. The molecule has 134 valence electrons. The fourth-order valence-corrected chi connectivity index (χ4v) is 5.47. The van der Waals surface area contributed by atoms with Gasteiger partial charge in [0.25, 0.3) is 0 Å². The van der Waals surface area contributed by atoms with Crippen LogP contribution in [0.15, 0.2) is 18.2 Å². The highest BCUT2D eigenvalue weighted by Crippen LogP contribution is 2.48. The average molecular weight is 346 g/mol. The number of halogens is 2. The molecule has 2 bridgehead atoms. The van der Waals surface area contributed by atoms with E-state index in [1.807, 2.05) is 4.90 Å². The molecular weight excluding hydrogens is 322 g/mol. The van der Waals surface area contributed by atoms with Crippen LogP contribution < -0.4 is 0 Å². The van der Waals surface area contributed by atoms with Gasteiger partial charge in [0, 0.05) is 24.9 Å². The van der Waals surface area contributed by atoms with Crippen molar-refractivity contribution in [3.8, 4) is 0 Å². The van der Waals surface area contributed by atoms with Crippen molar-refractivity contribution in [3.63, 3.8) is 0 Å². The molecule has 0 unspecified atom stereocenters. The van der Waals surface area contributed by atoms with Gasteiger partial charge in [-0.05, 0) is 62.2 Å². The lowest BCUT2D eigenvalue weighted by molar-refractivity contribution is -0.136. The molecular formula is C20H24F2N2O. The molecule has 1 aliphatic carbocycles. The second-order valence-electron chi connectivity index (χ2n) is 8.30. The first-order chi connectivity index (χ1) is 12.1. The Morgan fingerprint density at radius 3 is 2.56 bits per heavy atom. The van der Waals surface area contributed by atoms with Crippen LogP contribution in [0.4, 0.5) is 8.78 Å². The number of likely N-dealkylation sites (tertiary alicyclic amines) is 1. The molecule has 6 rings (SSSR count). The zero-order chi connectivity index (χ0) is 17.1. The van der Waals surface area contributed by atoms with Crippen LogP contribution in [0.3, 0.4) is 0 Å². The highest BCUT2D eigenvalue weighted by Gasteiger charge is 2.55. The summed E-state index contributed by atoms with van der Waals surface area (Å²) < 4.78 is 28.3. The summed E-state index contributed by atoms with van der Waals surface area (Å²) in [5.41, 5.74) is 0.448. The molecule has 1 saturated carbocycles. The van der Waals surface area contributed by atoms with Crippen molar-refractivity contribution in [1.29, 1.82) is 0 Å². The van der Waals surface area contributed by atoms with Gasteiger partial charge < -0.3 is 4.90 Å². The molecule has 3 nitrogen and oxygen atoms in total. The van der Waals surface area contributed by atoms with Crippen molar-refractivity contribution >= 4 is 5.91 Å². The lowest BCUT2D eigenvalue weighted by atomic mass is 9.75. The van der Waals surface area contributed by atoms with Gasteiger partial charge in [0.05, 0.1) is 6.04 Å². The van der Waals surface area contributed by atoms with E-state index in [4.69, 9.17) is 0 Å². The van der Waals surface area contributed by atoms with Crippen LogP contribution in [0.2, 0.25) is 0 Å². The Labute approximate surface area is 147 Å². The molecule has 5 fully saturated rings. The molecule has 5 heteroatoms. The third-order valence-corrected chi connectivity index (χ3v) is 6.86. The Hall–Kier alpha value is -1.49. The molecule has 0 aromatic heterocycles. The quantitative estimate of drug-likeness (QED) is 0.839. The second kappa shape index (κ2) is 5.76. The van der Waals surface area contributed by atoms with Crippen LogP contribution in [-0.2, 0) is 4.79 Å². The summed E-state index contributed by atoms with van der Waals surface area (Å²) in [4.78, 5) is 17.4. The Morgan fingerprint density at radius 2 is 1.84 bits per heavy atom. The van der Waals surface area contributed by atoms with Crippen molar-refractivity contribution in [2.24, 2.45) is 11.8 Å². The summed E-state index contributed by atoms with van der Waals surface area (Å²) in [6.07, 6.45) is 5.18. The fraction of sp³-hybridized carbons (Fsp3) is 0.650. The maximum atomic E-state index is 14.5. The van der Waals surface area contributed by atoms with E-state index < -0.39 is 11.6 Å². The minimum absolute atomic E-state index is 0.119. The molecule has 1 amide bonds. The monoisotopic (exact) mass is 346 g/mol. The van der Waals surface area contributed by atoms with Crippen LogP contribution in [0.1, 0.15) is 43.6 Å². The zero-order valence-corrected chi connectivity index (χ0v) is 14.3. The predicted molar refractivity (Wildman–Crippen MR) is 90.0 cm³/mol. The van der Waals surface area contributed by atoms with Gasteiger partial charge in [-0.2, -0.15) is 0 Å². The lowest BCUT2D eigenvalue weighted by Crippen LogP contribution is -2.60. The van der Waals surface area contributed by atoms with Gasteiger partial charge in [-0.3, -0.25) is 9.69 Å². The second-order valence-corrected chi connectivity index (χ2v) is 8.30. The number of amides is 1. The number of rotatable bonds is 3. The van der Waals surface area contributed by atoms with Gasteiger partial charge in [-0.25, -0.2) is 8.78 Å². The normalized spacial score (nSPS) is 36.6. The maximum absolute atomic E-state index is 14.5. The molecule has 0 N–H and O–H groups in total. The highest BCUT2D eigenvalue weighted by molar-refractivity contribution is 5.78. The first-order valence-electron chi connectivity index (χ1n) is 9.61. The number of piperidine rings is 3. The Balaban J connectivity index is 1.51. The first kappa shape index (κ1) is 15.7. The van der Waals surface area contributed by atoms with Crippen molar-refractivity contribution in [2.45, 2.75) is 50.1 Å². The molecule has 25 heavy (non-hydrogen) atoms. The number of fused-ring (bicyclic) bond motifs is 2. The summed E-state index contributed by atoms with van der Waals surface area (Å²) in [5, 5.41) is 0. The van der Waals surface area contributed by atoms with Crippen LogP contribution in [-0.4, -0.2) is 47.4 Å². The van der Waals surface area contributed by atoms with Crippen LogP contribution >= 0.6 is 0 Å². The molecule has 4 heterocycles. The topological polar surface area (TPSA) is 23.6 Å². The molecule has 4 saturated heterocycles. The summed E-state index contributed by atoms with van der Waals surface area (Å²) in [6.45, 7) is 2.57. The maximum Gasteiger partial charge on any atom is 0.223 e. The van der Waals surface area contributed by atoms with Crippen LogP contribution in [0, 0.1) is 23.5 Å². The van der Waals surface area contributed by atoms with Crippen molar-refractivity contribution in [2.75, 3.05) is 19.6 Å². The summed E-state index contributed by atoms with van der Waals surface area (Å²) in [6, 6.07) is 4.80. The van der Waals surface area contributed by atoms with Gasteiger partial charge >= 0.3 is 0 Å². The molecule has 3 atom stereocenters. The van der Waals surface area contributed by atoms with E-state index in [-0.39, 0.29) is 23.9 Å². The minimum atomic E-state index is -0.784. The van der Waals surface area contributed by atoms with Crippen molar-refractivity contribution in [3.05, 3.63) is 35.4 Å². The Kier molecular flexibility index (Phi) is 3.63. The van der Waals surface area contributed by atoms with Crippen molar-refractivity contribution in [1.82, 2.24) is 9.80 Å². The number of benzene rings is 1. The molecule has 1 aromatic carbocycles. The summed E-state index contributed by atoms with van der Waals surface area (Å²) in [5.74, 6) is -0.340. The summed E-state index contributed by atoms with van der Waals surface area (Å²) in [7, 11) is 0. The zero-order valence-electron chi connectivity index (χ0n) is 14.3. The number of hydrogen-bond donors (Lipinski definition) is 0. The fourth-order valence-electron chi connectivity index (χ4n) is 5.47. The minimum Gasteiger partial charge on any atom is -0.337 e. The standard InChI is InChI=1S/C20H24F2N2O/c21-16-3-1-2-14(18(16)22)15-11-24(17(25)10-12-4-5-12)19-13-6-8-23(9-7-13)20(15)19/h1-3,12-13,15,19-20H,4-11H2/t15-,19+,20+/m0/s1. The van der Waals surface area contributed by atoms with Crippen LogP contribution in [0.5, 0.6) is 0 Å². The van der Waals surface area contributed by atoms with E-state index in [9.17, 15) is 13.6 Å². The lowest BCUT2D eigenvalue weighted by Gasteiger charge is -2.51. The van der Waals surface area contributed by atoms with E-state index in [0.717, 1.165) is 38.8 Å². The van der Waals surface area contributed by atoms with Crippen LogP contribution in [0.25, 0.3) is 0 Å². The first-order valence-corrected chi connectivity index (χ1v) is 9.61. The smallest absolute Gasteiger partial charge is 0.223 e. The van der Waals surface area contributed by atoms with E-state index in [2.05, 4.69) is 4.90 Å². The third kappa shape index (κ3) is 2.50. The Bertz CT molecular complexity index is 697. The highest BCUT2D eigenvalue weighted by atomic mass is 19.2. The van der Waals surface area contributed by atoms with Gasteiger partial charge in [-0.15, -0.1) is 0 Å². The third-order valence-electron chi connectivity index (χ3n) is 6.86. The van der Waals surface area contributed by atoms with E-state index in [1.165, 1.54) is 6.07 Å². The predicted octanol–water partition coefficient (Wildman–Crippen LogP) is 3.15. The molecule has 4 aliphatic heterocycles. The summed E-state index contributed by atoms with van der Waals surface area (Å²) >= 11 is 0. The molecule has 0 spiro atoms. The largest absolute Gasteiger partial charge is 0.337 e. The number of nitrogens with zero attached hydrogens (tertiary/aromatic N) is 2. The van der Waals surface area contributed by atoms with Gasteiger partial charge in [0.2, 0.25) is 5.91 Å². The van der Waals surface area contributed by atoms with E-state index >= 15 is 0 Å². The number of hydrogen-bond acceptors (Lipinski definition) is 2.